The normalized spacial score (nSPS) is 11.5. The average molecular weight is 515 g/mol. The van der Waals surface area contributed by atoms with E-state index in [0.717, 1.165) is 32.8 Å². The SMILES string of the molecule is Cc1ccc(NC(=O)C(Sc2cccc(NC(=O)Cc3ccc(Cl)cc3)c2)c2ccccc2)c(C)c1. The molecule has 4 aromatic carbocycles. The Labute approximate surface area is 221 Å². The first-order chi connectivity index (χ1) is 17.4. The van der Waals surface area contributed by atoms with E-state index in [9.17, 15) is 9.59 Å². The molecular formula is C30H27ClN2O2S. The quantitative estimate of drug-likeness (QED) is 0.238. The van der Waals surface area contributed by atoms with Gasteiger partial charge in [0.25, 0.3) is 0 Å². The number of anilines is 2. The largest absolute Gasteiger partial charge is 0.326 e. The Bertz CT molecular complexity index is 1360. The molecule has 0 saturated carbocycles. The molecule has 0 aromatic heterocycles. The Morgan fingerprint density at radius 2 is 1.58 bits per heavy atom. The number of rotatable bonds is 8. The molecule has 182 valence electrons. The number of hydrogen-bond acceptors (Lipinski definition) is 3. The van der Waals surface area contributed by atoms with Crippen LogP contribution in [0.25, 0.3) is 0 Å². The minimum atomic E-state index is -0.466. The van der Waals surface area contributed by atoms with Crippen molar-refractivity contribution in [2.24, 2.45) is 0 Å². The van der Waals surface area contributed by atoms with Gasteiger partial charge >= 0.3 is 0 Å². The van der Waals surface area contributed by atoms with Crippen LogP contribution in [0.1, 0.15) is 27.5 Å². The molecule has 0 aliphatic carbocycles. The fraction of sp³-hybridized carbons (Fsp3) is 0.133. The van der Waals surface area contributed by atoms with Crippen LogP contribution in [0.15, 0.2) is 102 Å². The van der Waals surface area contributed by atoms with Crippen LogP contribution in [-0.2, 0) is 16.0 Å². The van der Waals surface area contributed by atoms with Gasteiger partial charge in [-0.2, -0.15) is 0 Å². The molecule has 0 aliphatic heterocycles. The van der Waals surface area contributed by atoms with Gasteiger partial charge in [-0.05, 0) is 66.9 Å². The molecule has 2 amide bonds. The van der Waals surface area contributed by atoms with E-state index >= 15 is 0 Å². The molecule has 4 nitrogen and oxygen atoms in total. The van der Waals surface area contributed by atoms with E-state index in [1.807, 2.05) is 92.7 Å². The highest BCUT2D eigenvalue weighted by molar-refractivity contribution is 8.00. The van der Waals surface area contributed by atoms with E-state index in [2.05, 4.69) is 16.7 Å². The van der Waals surface area contributed by atoms with E-state index in [1.165, 1.54) is 11.8 Å². The first-order valence-electron chi connectivity index (χ1n) is 11.6. The molecule has 0 spiro atoms. The van der Waals surface area contributed by atoms with Gasteiger partial charge in [0.05, 0.1) is 6.42 Å². The number of hydrogen-bond donors (Lipinski definition) is 2. The van der Waals surface area contributed by atoms with Gasteiger partial charge in [0.15, 0.2) is 0 Å². The lowest BCUT2D eigenvalue weighted by Crippen LogP contribution is -2.19. The summed E-state index contributed by atoms with van der Waals surface area (Å²) in [6.07, 6.45) is 0.249. The molecular weight excluding hydrogens is 488 g/mol. The van der Waals surface area contributed by atoms with E-state index in [0.29, 0.717) is 10.7 Å². The summed E-state index contributed by atoms with van der Waals surface area (Å²) in [6, 6.07) is 30.5. The zero-order chi connectivity index (χ0) is 25.5. The van der Waals surface area contributed by atoms with Crippen molar-refractivity contribution < 1.29 is 9.59 Å². The molecule has 4 aromatic rings. The van der Waals surface area contributed by atoms with E-state index < -0.39 is 5.25 Å². The lowest BCUT2D eigenvalue weighted by atomic mass is 10.1. The Hall–Kier alpha value is -3.54. The summed E-state index contributed by atoms with van der Waals surface area (Å²) in [5, 5.41) is 6.22. The van der Waals surface area contributed by atoms with E-state index in [4.69, 9.17) is 11.6 Å². The van der Waals surface area contributed by atoms with Crippen molar-refractivity contribution in [3.8, 4) is 0 Å². The molecule has 0 bridgehead atoms. The second-order valence-electron chi connectivity index (χ2n) is 8.60. The number of carbonyl (C=O) groups excluding carboxylic acids is 2. The van der Waals surface area contributed by atoms with Gasteiger partial charge in [0, 0.05) is 21.3 Å². The molecule has 1 atom stereocenters. The zero-order valence-corrected chi connectivity index (χ0v) is 21.7. The summed E-state index contributed by atoms with van der Waals surface area (Å²) in [7, 11) is 0. The molecule has 36 heavy (non-hydrogen) atoms. The molecule has 1 unspecified atom stereocenters. The number of halogens is 1. The maximum Gasteiger partial charge on any atom is 0.242 e. The second kappa shape index (κ2) is 11.9. The molecule has 4 rings (SSSR count). The standard InChI is InChI=1S/C30H27ClN2O2S/c1-20-11-16-27(21(2)17-20)33-30(35)29(23-7-4-3-5-8-23)36-26-10-6-9-25(19-26)32-28(34)18-22-12-14-24(31)15-13-22/h3-17,19,29H,18H2,1-2H3,(H,32,34)(H,33,35). The molecule has 0 aliphatic rings. The summed E-state index contributed by atoms with van der Waals surface area (Å²) < 4.78 is 0. The fourth-order valence-electron chi connectivity index (χ4n) is 3.83. The topological polar surface area (TPSA) is 58.2 Å². The molecule has 0 radical (unpaired) electrons. The first-order valence-corrected chi connectivity index (χ1v) is 12.9. The Morgan fingerprint density at radius 1 is 0.833 bits per heavy atom. The highest BCUT2D eigenvalue weighted by Gasteiger charge is 2.23. The fourth-order valence-corrected chi connectivity index (χ4v) is 5.04. The van der Waals surface area contributed by atoms with Gasteiger partial charge in [-0.3, -0.25) is 9.59 Å². The van der Waals surface area contributed by atoms with Gasteiger partial charge in [-0.1, -0.05) is 77.8 Å². The number of aryl methyl sites for hydroxylation is 2. The monoisotopic (exact) mass is 514 g/mol. The molecule has 0 heterocycles. The first kappa shape index (κ1) is 25.5. The Kier molecular flexibility index (Phi) is 8.47. The third-order valence-electron chi connectivity index (χ3n) is 5.63. The van der Waals surface area contributed by atoms with Crippen molar-refractivity contribution in [3.05, 3.63) is 124 Å². The third kappa shape index (κ3) is 7.00. The number of amides is 2. The zero-order valence-electron chi connectivity index (χ0n) is 20.1. The van der Waals surface area contributed by atoms with Crippen LogP contribution in [0, 0.1) is 13.8 Å². The van der Waals surface area contributed by atoms with Crippen LogP contribution in [-0.4, -0.2) is 11.8 Å². The van der Waals surface area contributed by atoms with Crippen molar-refractivity contribution in [1.82, 2.24) is 0 Å². The maximum absolute atomic E-state index is 13.4. The van der Waals surface area contributed by atoms with Crippen LogP contribution < -0.4 is 10.6 Å². The summed E-state index contributed by atoms with van der Waals surface area (Å²) in [5.74, 6) is -0.220. The predicted octanol–water partition coefficient (Wildman–Crippen LogP) is 7.61. The van der Waals surface area contributed by atoms with Crippen molar-refractivity contribution in [2.75, 3.05) is 10.6 Å². The Morgan fingerprint density at radius 3 is 2.31 bits per heavy atom. The minimum Gasteiger partial charge on any atom is -0.326 e. The number of thioether (sulfide) groups is 1. The highest BCUT2D eigenvalue weighted by Crippen LogP contribution is 2.37. The molecule has 0 saturated heterocycles. The van der Waals surface area contributed by atoms with Gasteiger partial charge < -0.3 is 10.6 Å². The van der Waals surface area contributed by atoms with Gasteiger partial charge in [-0.25, -0.2) is 0 Å². The van der Waals surface area contributed by atoms with Gasteiger partial charge in [0.1, 0.15) is 5.25 Å². The van der Waals surface area contributed by atoms with Gasteiger partial charge in [0.2, 0.25) is 11.8 Å². The van der Waals surface area contributed by atoms with Crippen LogP contribution in [0.4, 0.5) is 11.4 Å². The average Bonchev–Trinajstić information content (AvgIpc) is 2.86. The molecule has 2 N–H and O–H groups in total. The van der Waals surface area contributed by atoms with Crippen LogP contribution in [0.5, 0.6) is 0 Å². The summed E-state index contributed by atoms with van der Waals surface area (Å²) in [4.78, 5) is 26.9. The van der Waals surface area contributed by atoms with Gasteiger partial charge in [-0.15, -0.1) is 11.8 Å². The highest BCUT2D eigenvalue weighted by atomic mass is 35.5. The lowest BCUT2D eigenvalue weighted by molar-refractivity contribution is -0.116. The smallest absolute Gasteiger partial charge is 0.242 e. The summed E-state index contributed by atoms with van der Waals surface area (Å²) in [6.45, 7) is 4.02. The molecule has 0 fully saturated rings. The summed E-state index contributed by atoms with van der Waals surface area (Å²) in [5.41, 5.74) is 5.44. The maximum atomic E-state index is 13.4. The van der Waals surface area contributed by atoms with Crippen molar-refractivity contribution >= 4 is 46.6 Å². The number of carbonyl (C=O) groups is 2. The van der Waals surface area contributed by atoms with Crippen molar-refractivity contribution in [2.45, 2.75) is 30.4 Å². The summed E-state index contributed by atoms with van der Waals surface area (Å²) >= 11 is 7.38. The van der Waals surface area contributed by atoms with Crippen LogP contribution >= 0.6 is 23.4 Å². The van der Waals surface area contributed by atoms with Crippen LogP contribution in [0.3, 0.4) is 0 Å². The van der Waals surface area contributed by atoms with Crippen LogP contribution in [0.2, 0.25) is 5.02 Å². The predicted molar refractivity (Wildman–Crippen MR) is 150 cm³/mol. The van der Waals surface area contributed by atoms with E-state index in [-0.39, 0.29) is 18.2 Å². The second-order valence-corrected chi connectivity index (χ2v) is 10.2. The Balaban J connectivity index is 1.50. The third-order valence-corrected chi connectivity index (χ3v) is 7.13. The van der Waals surface area contributed by atoms with E-state index in [1.54, 1.807) is 12.1 Å². The van der Waals surface area contributed by atoms with Crippen molar-refractivity contribution in [3.63, 3.8) is 0 Å². The lowest BCUT2D eigenvalue weighted by Gasteiger charge is -2.18. The number of nitrogens with one attached hydrogen (secondary N) is 2. The minimum absolute atomic E-state index is 0.102. The molecule has 6 heteroatoms. The number of benzene rings is 4. The van der Waals surface area contributed by atoms with Crippen molar-refractivity contribution in [1.29, 1.82) is 0 Å².